The van der Waals surface area contributed by atoms with Crippen molar-refractivity contribution >= 4 is 12.0 Å². The minimum Gasteiger partial charge on any atom is -0.445 e. The molecule has 0 aliphatic heterocycles. The minimum atomic E-state index is -0.664. The van der Waals surface area contributed by atoms with Crippen LogP contribution in [0.4, 0.5) is 4.79 Å². The van der Waals surface area contributed by atoms with E-state index in [2.05, 4.69) is 5.32 Å². The van der Waals surface area contributed by atoms with Gasteiger partial charge in [0.2, 0.25) is 0 Å². The van der Waals surface area contributed by atoms with Crippen LogP contribution < -0.4 is 5.32 Å². The number of ether oxygens (including phenoxy) is 1. The number of hydrogen-bond donors (Lipinski definition) is 1. The van der Waals surface area contributed by atoms with Crippen molar-refractivity contribution in [3.8, 4) is 0 Å². The Labute approximate surface area is 118 Å². The number of hydroxylamine groups is 2. The maximum atomic E-state index is 11.8. The molecule has 0 saturated carbocycles. The molecule has 110 valence electrons. The van der Waals surface area contributed by atoms with E-state index in [1.54, 1.807) is 6.92 Å². The summed E-state index contributed by atoms with van der Waals surface area (Å²) in [4.78, 5) is 28.3. The lowest BCUT2D eigenvalue weighted by molar-refractivity contribution is -0.171. The van der Waals surface area contributed by atoms with Gasteiger partial charge in [-0.1, -0.05) is 37.3 Å². The molecule has 0 aliphatic rings. The van der Waals surface area contributed by atoms with Crippen LogP contribution in [0.5, 0.6) is 0 Å². The minimum absolute atomic E-state index is 0.164. The van der Waals surface area contributed by atoms with Crippen molar-refractivity contribution in [1.29, 1.82) is 0 Å². The van der Waals surface area contributed by atoms with Gasteiger partial charge in [-0.05, 0) is 12.0 Å². The van der Waals surface area contributed by atoms with E-state index < -0.39 is 12.1 Å². The summed E-state index contributed by atoms with van der Waals surface area (Å²) in [5.74, 6) is -0.327. The van der Waals surface area contributed by atoms with Crippen molar-refractivity contribution in [3.63, 3.8) is 0 Å². The number of alkyl carbamates (subject to hydrolysis) is 1. The number of carbonyl (C=O) groups excluding carboxylic acids is 2. The maximum Gasteiger partial charge on any atom is 0.408 e. The second-order valence-electron chi connectivity index (χ2n) is 4.19. The molecule has 0 heterocycles. The first-order valence-corrected chi connectivity index (χ1v) is 6.37. The Bertz CT molecular complexity index is 436. The Balaban J connectivity index is 2.45. The zero-order chi connectivity index (χ0) is 15.0. The predicted octanol–water partition coefficient (Wildman–Crippen LogP) is 1.71. The van der Waals surface area contributed by atoms with Crippen LogP contribution in [0.25, 0.3) is 0 Å². The molecule has 0 bridgehead atoms. The molecular formula is C14H20N2O4. The highest BCUT2D eigenvalue weighted by atomic mass is 16.7. The highest BCUT2D eigenvalue weighted by molar-refractivity contribution is 5.84. The number of nitrogens with one attached hydrogen (secondary N) is 1. The molecule has 0 unspecified atom stereocenters. The smallest absolute Gasteiger partial charge is 0.408 e. The van der Waals surface area contributed by atoms with Crippen molar-refractivity contribution in [1.82, 2.24) is 10.4 Å². The number of amides is 2. The number of carbonyl (C=O) groups is 2. The van der Waals surface area contributed by atoms with Crippen LogP contribution in [0.3, 0.4) is 0 Å². The van der Waals surface area contributed by atoms with Gasteiger partial charge in [0.25, 0.3) is 5.91 Å². The van der Waals surface area contributed by atoms with Gasteiger partial charge in [0, 0.05) is 7.05 Å². The molecule has 6 heteroatoms. The van der Waals surface area contributed by atoms with Crippen LogP contribution in [0.2, 0.25) is 0 Å². The van der Waals surface area contributed by atoms with E-state index in [0.717, 1.165) is 10.6 Å². The van der Waals surface area contributed by atoms with Crippen molar-refractivity contribution in [2.24, 2.45) is 0 Å². The number of likely N-dealkylation sites (N-methyl/N-ethyl adjacent to an activating group) is 1. The van der Waals surface area contributed by atoms with Gasteiger partial charge < -0.3 is 10.1 Å². The van der Waals surface area contributed by atoms with E-state index in [-0.39, 0.29) is 12.5 Å². The van der Waals surface area contributed by atoms with Gasteiger partial charge in [0.1, 0.15) is 12.6 Å². The third kappa shape index (κ3) is 4.89. The lowest BCUT2D eigenvalue weighted by atomic mass is 10.2. The monoisotopic (exact) mass is 280 g/mol. The Hall–Kier alpha value is -2.08. The first-order chi connectivity index (χ1) is 9.58. The summed E-state index contributed by atoms with van der Waals surface area (Å²) in [5, 5.41) is 3.59. The van der Waals surface area contributed by atoms with E-state index in [4.69, 9.17) is 9.57 Å². The van der Waals surface area contributed by atoms with Crippen LogP contribution >= 0.6 is 0 Å². The van der Waals surface area contributed by atoms with Crippen LogP contribution in [-0.4, -0.2) is 37.3 Å². The molecule has 1 aromatic rings. The van der Waals surface area contributed by atoms with Crippen molar-refractivity contribution in [2.75, 3.05) is 14.2 Å². The first-order valence-electron chi connectivity index (χ1n) is 6.37. The molecule has 2 amide bonds. The average Bonchev–Trinajstić information content (AvgIpc) is 2.50. The fourth-order valence-electron chi connectivity index (χ4n) is 1.55. The van der Waals surface area contributed by atoms with E-state index in [1.165, 1.54) is 14.2 Å². The van der Waals surface area contributed by atoms with Crippen LogP contribution in [-0.2, 0) is 21.0 Å². The van der Waals surface area contributed by atoms with Gasteiger partial charge >= 0.3 is 6.09 Å². The topological polar surface area (TPSA) is 67.9 Å². The molecule has 1 N–H and O–H groups in total. The van der Waals surface area contributed by atoms with Crippen molar-refractivity contribution in [3.05, 3.63) is 35.9 Å². The zero-order valence-electron chi connectivity index (χ0n) is 12.0. The predicted molar refractivity (Wildman–Crippen MR) is 73.6 cm³/mol. The number of nitrogens with zero attached hydrogens (tertiary/aromatic N) is 1. The van der Waals surface area contributed by atoms with Crippen LogP contribution in [0, 0.1) is 0 Å². The number of rotatable bonds is 6. The fourth-order valence-corrected chi connectivity index (χ4v) is 1.55. The van der Waals surface area contributed by atoms with Crippen LogP contribution in [0.1, 0.15) is 18.9 Å². The summed E-state index contributed by atoms with van der Waals surface area (Å²) < 4.78 is 5.06. The fraction of sp³-hybridized carbons (Fsp3) is 0.429. The standard InChI is InChI=1S/C14H20N2O4/c1-4-12(13(17)16(2)19-3)15-14(18)20-10-11-8-6-5-7-9-11/h5-9,12H,4,10H2,1-3H3,(H,15,18)/t12-/m1/s1. The molecule has 20 heavy (non-hydrogen) atoms. The summed E-state index contributed by atoms with van der Waals surface area (Å²) in [6, 6.07) is 8.66. The Kier molecular flexibility index (Phi) is 6.52. The molecule has 6 nitrogen and oxygen atoms in total. The number of hydrogen-bond acceptors (Lipinski definition) is 4. The third-order valence-corrected chi connectivity index (χ3v) is 2.80. The normalized spacial score (nSPS) is 11.6. The van der Waals surface area contributed by atoms with E-state index in [9.17, 15) is 9.59 Å². The largest absolute Gasteiger partial charge is 0.445 e. The lowest BCUT2D eigenvalue weighted by Gasteiger charge is -2.21. The maximum absolute atomic E-state index is 11.8. The Morgan fingerprint density at radius 2 is 1.95 bits per heavy atom. The molecule has 0 aromatic heterocycles. The second-order valence-corrected chi connectivity index (χ2v) is 4.19. The summed E-state index contributed by atoms with van der Waals surface area (Å²) in [5.41, 5.74) is 0.885. The molecule has 0 spiro atoms. The quantitative estimate of drug-likeness (QED) is 0.805. The van der Waals surface area contributed by atoms with Gasteiger partial charge in [-0.2, -0.15) is 0 Å². The molecule has 1 aromatic carbocycles. The molecule has 0 radical (unpaired) electrons. The summed E-state index contributed by atoms with van der Waals surface area (Å²) >= 11 is 0. The van der Waals surface area contributed by atoms with E-state index in [0.29, 0.717) is 6.42 Å². The first kappa shape index (κ1) is 16.0. The van der Waals surface area contributed by atoms with Gasteiger partial charge in [-0.25, -0.2) is 9.86 Å². The summed E-state index contributed by atoms with van der Waals surface area (Å²) in [7, 11) is 2.88. The SMILES string of the molecule is CC[C@@H](NC(=O)OCc1ccccc1)C(=O)N(C)OC. The third-order valence-electron chi connectivity index (χ3n) is 2.80. The van der Waals surface area contributed by atoms with E-state index >= 15 is 0 Å². The highest BCUT2D eigenvalue weighted by Gasteiger charge is 2.22. The number of benzene rings is 1. The Morgan fingerprint density at radius 1 is 1.30 bits per heavy atom. The molecular weight excluding hydrogens is 260 g/mol. The molecule has 0 saturated heterocycles. The van der Waals surface area contributed by atoms with Crippen molar-refractivity contribution < 1.29 is 19.2 Å². The highest BCUT2D eigenvalue weighted by Crippen LogP contribution is 2.02. The molecule has 0 fully saturated rings. The van der Waals surface area contributed by atoms with Gasteiger partial charge in [-0.15, -0.1) is 0 Å². The molecule has 1 rings (SSSR count). The zero-order valence-corrected chi connectivity index (χ0v) is 12.0. The van der Waals surface area contributed by atoms with E-state index in [1.807, 2.05) is 30.3 Å². The summed E-state index contributed by atoms with van der Waals surface area (Å²) in [6.07, 6.45) is -0.175. The van der Waals surface area contributed by atoms with Crippen LogP contribution in [0.15, 0.2) is 30.3 Å². The Morgan fingerprint density at radius 3 is 2.50 bits per heavy atom. The second kappa shape index (κ2) is 8.16. The summed E-state index contributed by atoms with van der Waals surface area (Å²) in [6.45, 7) is 1.96. The average molecular weight is 280 g/mol. The van der Waals surface area contributed by atoms with Crippen molar-refractivity contribution in [2.45, 2.75) is 26.0 Å². The lowest BCUT2D eigenvalue weighted by Crippen LogP contribution is -2.46. The van der Waals surface area contributed by atoms with Gasteiger partial charge in [0.15, 0.2) is 0 Å². The van der Waals surface area contributed by atoms with Gasteiger partial charge in [0.05, 0.1) is 7.11 Å². The molecule has 1 atom stereocenters. The van der Waals surface area contributed by atoms with Gasteiger partial charge in [-0.3, -0.25) is 9.63 Å². The molecule has 0 aliphatic carbocycles.